The van der Waals surface area contributed by atoms with Gasteiger partial charge in [0.15, 0.2) is 12.0 Å². The number of rotatable bonds is 1. The van der Waals surface area contributed by atoms with Crippen molar-refractivity contribution in [3.8, 4) is 0 Å². The third-order valence-corrected chi connectivity index (χ3v) is 3.52. The van der Waals surface area contributed by atoms with Gasteiger partial charge in [-0.05, 0) is 13.8 Å². The molecule has 9 heteroatoms. The van der Waals surface area contributed by atoms with E-state index in [4.69, 9.17) is 14.2 Å². The van der Waals surface area contributed by atoms with E-state index in [1.807, 2.05) is 4.98 Å². The lowest BCUT2D eigenvalue weighted by Gasteiger charge is -2.37. The summed E-state index contributed by atoms with van der Waals surface area (Å²) in [4.78, 5) is 24.6. The number of ether oxygens (including phenoxy) is 3. The van der Waals surface area contributed by atoms with E-state index in [0.717, 1.165) is 4.57 Å². The normalized spacial score (nSPS) is 34.7. The Labute approximate surface area is 118 Å². The van der Waals surface area contributed by atoms with Gasteiger partial charge in [0.2, 0.25) is 5.82 Å². The molecule has 2 aliphatic heterocycles. The van der Waals surface area contributed by atoms with Crippen molar-refractivity contribution in [3.63, 3.8) is 0 Å². The lowest BCUT2D eigenvalue weighted by molar-refractivity contribution is -0.300. The zero-order valence-corrected chi connectivity index (χ0v) is 11.4. The van der Waals surface area contributed by atoms with E-state index in [0.29, 0.717) is 6.20 Å². The van der Waals surface area contributed by atoms with Gasteiger partial charge in [-0.3, -0.25) is 14.3 Å². The number of hydrogen-bond acceptors (Lipinski definition) is 6. The topological polar surface area (TPSA) is 103 Å². The number of nitrogens with one attached hydrogen (secondary N) is 1. The van der Waals surface area contributed by atoms with E-state index in [1.165, 1.54) is 0 Å². The molecule has 2 fully saturated rings. The summed E-state index contributed by atoms with van der Waals surface area (Å²) in [5.74, 6) is -2.03. The molecule has 0 amide bonds. The Morgan fingerprint density at radius 3 is 2.90 bits per heavy atom. The highest BCUT2D eigenvalue weighted by atomic mass is 19.1. The fraction of sp³-hybridized carbons (Fsp3) is 0.667. The average molecular weight is 302 g/mol. The van der Waals surface area contributed by atoms with E-state index in [9.17, 15) is 19.1 Å². The van der Waals surface area contributed by atoms with Crippen LogP contribution in [-0.2, 0) is 14.2 Å². The molecular weight excluding hydrogens is 287 g/mol. The van der Waals surface area contributed by atoms with Crippen LogP contribution in [0.15, 0.2) is 15.8 Å². The summed E-state index contributed by atoms with van der Waals surface area (Å²) < 4.78 is 30.6. The van der Waals surface area contributed by atoms with E-state index < -0.39 is 47.4 Å². The van der Waals surface area contributed by atoms with Crippen LogP contribution in [0.3, 0.4) is 0 Å². The lowest BCUT2D eigenvalue weighted by atomic mass is 10.1. The molecule has 0 saturated carbocycles. The van der Waals surface area contributed by atoms with Gasteiger partial charge in [0, 0.05) is 0 Å². The molecule has 4 atom stereocenters. The number of aromatic nitrogens is 2. The van der Waals surface area contributed by atoms with Gasteiger partial charge in [-0.1, -0.05) is 0 Å². The highest BCUT2D eigenvalue weighted by Crippen LogP contribution is 2.36. The molecule has 3 heterocycles. The Morgan fingerprint density at radius 1 is 1.48 bits per heavy atom. The van der Waals surface area contributed by atoms with Gasteiger partial charge in [-0.25, -0.2) is 4.79 Å². The number of aromatic amines is 1. The van der Waals surface area contributed by atoms with Crippen molar-refractivity contribution in [2.24, 2.45) is 0 Å². The summed E-state index contributed by atoms with van der Waals surface area (Å²) in [7, 11) is 0. The predicted molar refractivity (Wildman–Crippen MR) is 66.1 cm³/mol. The van der Waals surface area contributed by atoms with Crippen LogP contribution in [-0.4, -0.2) is 45.4 Å². The number of H-pyrrole nitrogens is 1. The summed E-state index contributed by atoms with van der Waals surface area (Å²) in [5.41, 5.74) is -1.99. The molecule has 0 radical (unpaired) electrons. The Balaban J connectivity index is 1.94. The maximum Gasteiger partial charge on any atom is 0.330 e. The number of hydrogen-bond donors (Lipinski definition) is 2. The third kappa shape index (κ3) is 2.42. The number of aliphatic hydroxyl groups is 1. The summed E-state index contributed by atoms with van der Waals surface area (Å²) >= 11 is 0. The monoisotopic (exact) mass is 302 g/mol. The third-order valence-electron chi connectivity index (χ3n) is 3.52. The second kappa shape index (κ2) is 4.73. The Bertz CT molecular complexity index is 668. The quantitative estimate of drug-likeness (QED) is 0.696. The minimum atomic E-state index is -1.19. The molecule has 2 saturated heterocycles. The average Bonchev–Trinajstić information content (AvgIpc) is 2.70. The molecule has 2 N–H and O–H groups in total. The second-order valence-corrected chi connectivity index (χ2v) is 5.49. The molecular formula is C12H15FN2O6. The zero-order chi connectivity index (χ0) is 15.4. The summed E-state index contributed by atoms with van der Waals surface area (Å²) in [5, 5.41) is 10.3. The highest BCUT2D eigenvalue weighted by molar-refractivity contribution is 4.97. The summed E-state index contributed by atoms with van der Waals surface area (Å²) in [6.07, 6.45) is -2.93. The largest absolute Gasteiger partial charge is 0.386 e. The Hall–Kier alpha value is -1.55. The first-order chi connectivity index (χ1) is 9.78. The van der Waals surface area contributed by atoms with Crippen molar-refractivity contribution in [2.45, 2.75) is 44.2 Å². The van der Waals surface area contributed by atoms with Gasteiger partial charge in [0.1, 0.15) is 18.3 Å². The van der Waals surface area contributed by atoms with Gasteiger partial charge in [-0.15, -0.1) is 0 Å². The number of nitrogens with zero attached hydrogens (tertiary/aromatic N) is 1. The SMILES string of the molecule is CC1(C)OC[C@@H]2O[C@H](n3cc(F)c(=O)[nH]c3=O)[C@@H](O)[C@@H]2O1. The second-order valence-electron chi connectivity index (χ2n) is 5.49. The molecule has 116 valence electrons. The van der Waals surface area contributed by atoms with Gasteiger partial charge >= 0.3 is 5.69 Å². The molecule has 2 aliphatic rings. The van der Waals surface area contributed by atoms with Crippen molar-refractivity contribution < 1.29 is 23.7 Å². The van der Waals surface area contributed by atoms with Crippen molar-refractivity contribution in [1.29, 1.82) is 0 Å². The molecule has 0 aromatic carbocycles. The maximum absolute atomic E-state index is 13.3. The lowest BCUT2D eigenvalue weighted by Crippen LogP contribution is -2.50. The molecule has 0 unspecified atom stereocenters. The smallest absolute Gasteiger partial charge is 0.330 e. The molecule has 0 aliphatic carbocycles. The van der Waals surface area contributed by atoms with Crippen molar-refractivity contribution in [3.05, 3.63) is 32.9 Å². The molecule has 1 aromatic rings. The van der Waals surface area contributed by atoms with Crippen LogP contribution in [0.2, 0.25) is 0 Å². The van der Waals surface area contributed by atoms with Crippen LogP contribution >= 0.6 is 0 Å². The van der Waals surface area contributed by atoms with Crippen LogP contribution in [0.1, 0.15) is 20.1 Å². The minimum Gasteiger partial charge on any atom is -0.386 e. The first-order valence-electron chi connectivity index (χ1n) is 6.45. The Kier molecular flexibility index (Phi) is 3.24. The molecule has 8 nitrogen and oxygen atoms in total. The van der Waals surface area contributed by atoms with Gasteiger partial charge in [-0.2, -0.15) is 4.39 Å². The minimum absolute atomic E-state index is 0.172. The molecule has 3 rings (SSSR count). The van der Waals surface area contributed by atoms with Crippen molar-refractivity contribution in [2.75, 3.05) is 6.61 Å². The zero-order valence-electron chi connectivity index (χ0n) is 11.4. The number of aliphatic hydroxyl groups excluding tert-OH is 1. The van der Waals surface area contributed by atoms with E-state index in [2.05, 4.69) is 0 Å². The highest BCUT2D eigenvalue weighted by Gasteiger charge is 2.51. The first kappa shape index (κ1) is 14.4. The maximum atomic E-state index is 13.3. The van der Waals surface area contributed by atoms with Crippen molar-refractivity contribution >= 4 is 0 Å². The van der Waals surface area contributed by atoms with E-state index >= 15 is 0 Å². The van der Waals surface area contributed by atoms with Crippen LogP contribution in [0.5, 0.6) is 0 Å². The van der Waals surface area contributed by atoms with E-state index in [-0.39, 0.29) is 6.61 Å². The van der Waals surface area contributed by atoms with Gasteiger partial charge in [0.05, 0.1) is 12.8 Å². The molecule has 0 bridgehead atoms. The fourth-order valence-electron chi connectivity index (χ4n) is 2.52. The summed E-state index contributed by atoms with van der Waals surface area (Å²) in [6.45, 7) is 3.55. The van der Waals surface area contributed by atoms with Crippen molar-refractivity contribution in [1.82, 2.24) is 9.55 Å². The van der Waals surface area contributed by atoms with Gasteiger partial charge < -0.3 is 19.3 Å². The fourth-order valence-corrected chi connectivity index (χ4v) is 2.52. The van der Waals surface area contributed by atoms with Gasteiger partial charge in [0.25, 0.3) is 5.56 Å². The van der Waals surface area contributed by atoms with Crippen LogP contribution in [0.4, 0.5) is 4.39 Å². The molecule has 1 aromatic heterocycles. The summed E-state index contributed by atoms with van der Waals surface area (Å²) in [6, 6.07) is 0. The first-order valence-corrected chi connectivity index (χ1v) is 6.45. The molecule has 21 heavy (non-hydrogen) atoms. The Morgan fingerprint density at radius 2 is 2.19 bits per heavy atom. The van der Waals surface area contributed by atoms with Crippen LogP contribution in [0, 0.1) is 5.82 Å². The van der Waals surface area contributed by atoms with Crippen LogP contribution in [0.25, 0.3) is 0 Å². The standard InChI is InChI=1S/C12H15FN2O6/c1-12(2)19-4-6-8(21-12)7(16)10(20-6)15-3-5(13)9(17)14-11(15)18/h3,6-8,10,16H,4H2,1-2H3,(H,14,17,18)/t6-,7-,8+,10-/m0/s1. The number of halogens is 1. The number of fused-ring (bicyclic) bond motifs is 1. The van der Waals surface area contributed by atoms with Crippen LogP contribution < -0.4 is 11.2 Å². The molecule has 0 spiro atoms. The van der Waals surface area contributed by atoms with E-state index in [1.54, 1.807) is 13.8 Å². The predicted octanol–water partition coefficient (Wildman–Crippen LogP) is -0.914.